The van der Waals surface area contributed by atoms with E-state index >= 15 is 0 Å². The van der Waals surface area contributed by atoms with E-state index in [2.05, 4.69) is 9.97 Å². The van der Waals surface area contributed by atoms with Gasteiger partial charge in [-0.1, -0.05) is 0 Å². The zero-order valence-corrected chi connectivity index (χ0v) is 8.95. The number of rotatable bonds is 3. The Hall–Kier alpha value is -2.49. The van der Waals surface area contributed by atoms with E-state index in [1.54, 1.807) is 36.7 Å². The Morgan fingerprint density at radius 1 is 0.941 bits per heavy atom. The van der Waals surface area contributed by atoms with Crippen LogP contribution in [0.25, 0.3) is 5.76 Å². The minimum absolute atomic E-state index is 0.0748. The molecule has 4 heteroatoms. The fourth-order valence-corrected chi connectivity index (χ4v) is 1.33. The number of aromatic nitrogens is 2. The van der Waals surface area contributed by atoms with Crippen LogP contribution in [0.5, 0.6) is 0 Å². The van der Waals surface area contributed by atoms with Crippen molar-refractivity contribution in [2.45, 2.75) is 0 Å². The first kappa shape index (κ1) is 11.0. The van der Waals surface area contributed by atoms with E-state index < -0.39 is 0 Å². The molecule has 0 aliphatic rings. The number of aliphatic hydroxyl groups excluding tert-OH is 1. The lowest BCUT2D eigenvalue weighted by atomic mass is 10.1. The van der Waals surface area contributed by atoms with E-state index in [1.807, 2.05) is 0 Å². The lowest BCUT2D eigenvalue weighted by Gasteiger charge is -1.99. The van der Waals surface area contributed by atoms with Gasteiger partial charge in [0, 0.05) is 42.0 Å². The minimum Gasteiger partial charge on any atom is -0.507 e. The summed E-state index contributed by atoms with van der Waals surface area (Å²) < 4.78 is 0. The van der Waals surface area contributed by atoms with Gasteiger partial charge in [0.05, 0.1) is 0 Å². The van der Waals surface area contributed by atoms with Gasteiger partial charge in [0.15, 0.2) is 5.78 Å². The van der Waals surface area contributed by atoms with Crippen LogP contribution < -0.4 is 0 Å². The Labute approximate surface area is 98.3 Å². The maximum Gasteiger partial charge on any atom is 0.189 e. The summed E-state index contributed by atoms with van der Waals surface area (Å²) in [6, 6.07) is 6.45. The molecular weight excluding hydrogens is 216 g/mol. The Morgan fingerprint density at radius 2 is 1.41 bits per heavy atom. The Kier molecular flexibility index (Phi) is 3.25. The molecule has 0 radical (unpaired) electrons. The van der Waals surface area contributed by atoms with Crippen LogP contribution in [-0.2, 0) is 0 Å². The van der Waals surface area contributed by atoms with E-state index in [9.17, 15) is 9.90 Å². The number of carbonyl (C=O) groups excluding carboxylic acids is 1. The second-order valence-electron chi connectivity index (χ2n) is 3.37. The molecule has 0 saturated carbocycles. The van der Waals surface area contributed by atoms with E-state index in [1.165, 1.54) is 18.5 Å². The molecule has 0 fully saturated rings. The Bertz CT molecular complexity index is 536. The second-order valence-corrected chi connectivity index (χ2v) is 3.37. The van der Waals surface area contributed by atoms with Gasteiger partial charge in [0.2, 0.25) is 0 Å². The fourth-order valence-electron chi connectivity index (χ4n) is 1.33. The predicted molar refractivity (Wildman–Crippen MR) is 63.4 cm³/mol. The second kappa shape index (κ2) is 5.03. The molecule has 0 amide bonds. The van der Waals surface area contributed by atoms with Crippen molar-refractivity contribution in [2.24, 2.45) is 0 Å². The predicted octanol–water partition coefficient (Wildman–Crippen LogP) is 2.26. The number of hydrogen-bond acceptors (Lipinski definition) is 4. The number of ketones is 1. The van der Waals surface area contributed by atoms with E-state index in [0.717, 1.165) is 0 Å². The van der Waals surface area contributed by atoms with Gasteiger partial charge in [0.1, 0.15) is 5.76 Å². The van der Waals surface area contributed by atoms with Crippen molar-refractivity contribution in [2.75, 3.05) is 0 Å². The van der Waals surface area contributed by atoms with Crippen molar-refractivity contribution in [3.63, 3.8) is 0 Å². The van der Waals surface area contributed by atoms with Crippen LogP contribution in [-0.4, -0.2) is 20.9 Å². The lowest BCUT2D eigenvalue weighted by molar-refractivity contribution is 0.104. The highest BCUT2D eigenvalue weighted by atomic mass is 16.3. The Morgan fingerprint density at radius 3 is 1.94 bits per heavy atom. The standard InChI is InChI=1S/C13H10N2O2/c16-12(10-1-5-14-6-2-10)9-13(17)11-3-7-15-8-4-11/h1-9,16H. The van der Waals surface area contributed by atoms with E-state index in [0.29, 0.717) is 11.1 Å². The third-order valence-electron chi connectivity index (χ3n) is 2.21. The van der Waals surface area contributed by atoms with Crippen LogP contribution in [0.3, 0.4) is 0 Å². The van der Waals surface area contributed by atoms with Gasteiger partial charge in [-0.2, -0.15) is 0 Å². The molecule has 0 aromatic carbocycles. The van der Waals surface area contributed by atoms with Gasteiger partial charge in [0.25, 0.3) is 0 Å². The molecule has 4 nitrogen and oxygen atoms in total. The molecule has 2 aromatic rings. The summed E-state index contributed by atoms with van der Waals surface area (Å²) in [5.41, 5.74) is 1.04. The molecule has 0 aliphatic carbocycles. The quantitative estimate of drug-likeness (QED) is 0.495. The van der Waals surface area contributed by atoms with Crippen molar-refractivity contribution < 1.29 is 9.90 Å². The molecule has 84 valence electrons. The molecule has 17 heavy (non-hydrogen) atoms. The third kappa shape index (κ3) is 2.75. The topological polar surface area (TPSA) is 63.1 Å². The molecule has 0 spiro atoms. The average molecular weight is 226 g/mol. The number of allylic oxidation sites excluding steroid dienone is 1. The third-order valence-corrected chi connectivity index (χ3v) is 2.21. The minimum atomic E-state index is -0.262. The fraction of sp³-hybridized carbons (Fsp3) is 0. The average Bonchev–Trinajstić information content (AvgIpc) is 2.40. The monoisotopic (exact) mass is 226 g/mol. The molecule has 2 heterocycles. The number of pyridine rings is 2. The van der Waals surface area contributed by atoms with Crippen molar-refractivity contribution in [3.8, 4) is 0 Å². The van der Waals surface area contributed by atoms with Crippen LogP contribution >= 0.6 is 0 Å². The molecule has 2 rings (SSSR count). The van der Waals surface area contributed by atoms with Gasteiger partial charge in [-0.15, -0.1) is 0 Å². The first-order valence-corrected chi connectivity index (χ1v) is 5.03. The summed E-state index contributed by atoms with van der Waals surface area (Å²) in [7, 11) is 0. The van der Waals surface area contributed by atoms with Crippen LogP contribution in [0.2, 0.25) is 0 Å². The molecule has 0 aliphatic heterocycles. The first-order valence-electron chi connectivity index (χ1n) is 5.03. The van der Waals surface area contributed by atoms with E-state index in [4.69, 9.17) is 0 Å². The highest BCUT2D eigenvalue weighted by Gasteiger charge is 2.05. The lowest BCUT2D eigenvalue weighted by Crippen LogP contribution is -1.96. The van der Waals surface area contributed by atoms with Crippen LogP contribution in [0.1, 0.15) is 15.9 Å². The van der Waals surface area contributed by atoms with E-state index in [-0.39, 0.29) is 11.5 Å². The summed E-state index contributed by atoms with van der Waals surface area (Å²) in [5, 5.41) is 9.75. The summed E-state index contributed by atoms with van der Waals surface area (Å²) in [4.78, 5) is 19.4. The molecule has 1 N–H and O–H groups in total. The van der Waals surface area contributed by atoms with Crippen LogP contribution in [0, 0.1) is 0 Å². The number of hydrogen-bond donors (Lipinski definition) is 1. The molecule has 0 unspecified atom stereocenters. The van der Waals surface area contributed by atoms with Gasteiger partial charge in [-0.25, -0.2) is 0 Å². The molecule has 0 bridgehead atoms. The van der Waals surface area contributed by atoms with Crippen molar-refractivity contribution in [1.29, 1.82) is 0 Å². The van der Waals surface area contributed by atoms with Crippen molar-refractivity contribution >= 4 is 11.5 Å². The summed E-state index contributed by atoms with van der Waals surface area (Å²) in [5.74, 6) is -0.337. The molecule has 2 aromatic heterocycles. The maximum absolute atomic E-state index is 11.7. The summed E-state index contributed by atoms with van der Waals surface area (Å²) >= 11 is 0. The summed E-state index contributed by atoms with van der Waals surface area (Å²) in [6.45, 7) is 0. The number of nitrogens with zero attached hydrogens (tertiary/aromatic N) is 2. The SMILES string of the molecule is O=C(C=C(O)c1ccncc1)c1ccncc1. The maximum atomic E-state index is 11.7. The van der Waals surface area contributed by atoms with Gasteiger partial charge >= 0.3 is 0 Å². The van der Waals surface area contributed by atoms with Crippen LogP contribution in [0.15, 0.2) is 55.1 Å². The van der Waals surface area contributed by atoms with Gasteiger partial charge in [-0.05, 0) is 24.3 Å². The molecule has 0 saturated heterocycles. The highest BCUT2D eigenvalue weighted by Crippen LogP contribution is 2.11. The summed E-state index contributed by atoms with van der Waals surface area (Å²) in [6.07, 6.45) is 7.35. The van der Waals surface area contributed by atoms with Gasteiger partial charge < -0.3 is 5.11 Å². The molecular formula is C13H10N2O2. The van der Waals surface area contributed by atoms with Crippen molar-refractivity contribution in [3.05, 3.63) is 66.3 Å². The largest absolute Gasteiger partial charge is 0.507 e. The van der Waals surface area contributed by atoms with Crippen LogP contribution in [0.4, 0.5) is 0 Å². The normalized spacial score (nSPS) is 11.2. The van der Waals surface area contributed by atoms with Crippen molar-refractivity contribution in [1.82, 2.24) is 9.97 Å². The highest BCUT2D eigenvalue weighted by molar-refractivity contribution is 6.07. The number of aliphatic hydroxyl groups is 1. The first-order chi connectivity index (χ1) is 8.27. The zero-order valence-electron chi connectivity index (χ0n) is 8.95. The zero-order chi connectivity index (χ0) is 12.1. The Balaban J connectivity index is 2.24. The molecule has 0 atom stereocenters. The smallest absolute Gasteiger partial charge is 0.189 e. The van der Waals surface area contributed by atoms with Gasteiger partial charge in [-0.3, -0.25) is 14.8 Å². The number of carbonyl (C=O) groups is 1.